The van der Waals surface area contributed by atoms with E-state index in [9.17, 15) is 0 Å². The Morgan fingerprint density at radius 2 is 2.18 bits per heavy atom. The van der Waals surface area contributed by atoms with Gasteiger partial charge < -0.3 is 4.90 Å². The van der Waals surface area contributed by atoms with E-state index in [1.807, 2.05) is 0 Å². The molecule has 0 saturated heterocycles. The minimum Gasteiger partial charge on any atom is -0.308 e. The molecule has 0 radical (unpaired) electrons. The summed E-state index contributed by atoms with van der Waals surface area (Å²) in [4.78, 5) is 4.72. The van der Waals surface area contributed by atoms with E-state index in [-0.39, 0.29) is 0 Å². The molecule has 0 amide bonds. The van der Waals surface area contributed by atoms with Crippen LogP contribution in [-0.4, -0.2) is 50.1 Å². The minimum atomic E-state index is 1.15. The molecule has 1 aliphatic rings. The van der Waals surface area contributed by atoms with E-state index in [0.29, 0.717) is 0 Å². The molecule has 0 fully saturated rings. The first-order chi connectivity index (χ1) is 5.29. The Labute approximate surface area is 69.5 Å². The summed E-state index contributed by atoms with van der Waals surface area (Å²) in [5.41, 5.74) is 0. The molecule has 1 heterocycles. The van der Waals surface area contributed by atoms with Crippen LogP contribution in [0.3, 0.4) is 0 Å². The van der Waals surface area contributed by atoms with E-state index < -0.39 is 0 Å². The first-order valence-electron chi connectivity index (χ1n) is 4.31. The molecule has 0 aromatic heterocycles. The normalized spacial score (nSPS) is 19.5. The van der Waals surface area contributed by atoms with Gasteiger partial charge in [0.15, 0.2) is 0 Å². The van der Waals surface area contributed by atoms with Gasteiger partial charge in [0.05, 0.1) is 0 Å². The van der Waals surface area contributed by atoms with E-state index in [0.717, 1.165) is 6.54 Å². The first kappa shape index (κ1) is 8.75. The molecular formula is C9H18N2. The lowest BCUT2D eigenvalue weighted by atomic mass is 10.2. The lowest BCUT2D eigenvalue weighted by Crippen LogP contribution is -2.33. The number of likely N-dealkylation sites (N-methyl/N-ethyl adjacent to an activating group) is 1. The standard InChI is InChI=1S/C9H18N2/c1-10(2)8-9-11-6-4-3-5-7-11/h3-4H,5-9H2,1-2H3. The van der Waals surface area contributed by atoms with Gasteiger partial charge in [0.2, 0.25) is 0 Å². The van der Waals surface area contributed by atoms with Crippen LogP contribution in [0.1, 0.15) is 6.42 Å². The van der Waals surface area contributed by atoms with Crippen molar-refractivity contribution in [1.29, 1.82) is 0 Å². The van der Waals surface area contributed by atoms with Crippen molar-refractivity contribution in [1.82, 2.24) is 9.80 Å². The van der Waals surface area contributed by atoms with Gasteiger partial charge in [-0.25, -0.2) is 0 Å². The molecule has 1 rings (SSSR count). The molecule has 2 nitrogen and oxygen atoms in total. The number of nitrogens with zero attached hydrogens (tertiary/aromatic N) is 2. The van der Waals surface area contributed by atoms with Crippen molar-refractivity contribution >= 4 is 0 Å². The molecular weight excluding hydrogens is 136 g/mol. The van der Waals surface area contributed by atoms with Gasteiger partial charge in [0.25, 0.3) is 0 Å². The third-order valence-corrected chi connectivity index (χ3v) is 2.01. The van der Waals surface area contributed by atoms with Gasteiger partial charge in [-0.2, -0.15) is 0 Å². The summed E-state index contributed by atoms with van der Waals surface area (Å²) in [6, 6.07) is 0. The van der Waals surface area contributed by atoms with Crippen molar-refractivity contribution in [2.75, 3.05) is 40.3 Å². The van der Waals surface area contributed by atoms with Gasteiger partial charge >= 0.3 is 0 Å². The molecule has 2 heteroatoms. The van der Waals surface area contributed by atoms with Gasteiger partial charge in [-0.05, 0) is 20.5 Å². The van der Waals surface area contributed by atoms with E-state index in [2.05, 4.69) is 36.0 Å². The zero-order chi connectivity index (χ0) is 8.10. The van der Waals surface area contributed by atoms with E-state index in [1.165, 1.54) is 26.1 Å². The lowest BCUT2D eigenvalue weighted by Gasteiger charge is -2.24. The number of hydrogen-bond acceptors (Lipinski definition) is 2. The van der Waals surface area contributed by atoms with Gasteiger partial charge in [-0.15, -0.1) is 0 Å². The van der Waals surface area contributed by atoms with Crippen molar-refractivity contribution in [3.63, 3.8) is 0 Å². The van der Waals surface area contributed by atoms with Crippen molar-refractivity contribution in [3.8, 4) is 0 Å². The smallest absolute Gasteiger partial charge is 0.0163 e. The van der Waals surface area contributed by atoms with Gasteiger partial charge in [0.1, 0.15) is 0 Å². The Bertz CT molecular complexity index is 130. The first-order valence-corrected chi connectivity index (χ1v) is 4.31. The predicted molar refractivity (Wildman–Crippen MR) is 48.8 cm³/mol. The maximum atomic E-state index is 2.49. The van der Waals surface area contributed by atoms with Crippen LogP contribution in [0, 0.1) is 0 Å². The highest BCUT2D eigenvalue weighted by Crippen LogP contribution is 1.99. The Morgan fingerprint density at radius 3 is 2.73 bits per heavy atom. The van der Waals surface area contributed by atoms with Crippen LogP contribution in [0.25, 0.3) is 0 Å². The maximum Gasteiger partial charge on any atom is 0.0163 e. The second-order valence-corrected chi connectivity index (χ2v) is 3.36. The molecule has 0 atom stereocenters. The largest absolute Gasteiger partial charge is 0.308 e. The van der Waals surface area contributed by atoms with Crippen LogP contribution in [0.5, 0.6) is 0 Å². The van der Waals surface area contributed by atoms with Gasteiger partial charge in [0, 0.05) is 26.2 Å². The Balaban J connectivity index is 2.11. The Hall–Kier alpha value is -0.340. The molecule has 0 N–H and O–H groups in total. The van der Waals surface area contributed by atoms with Gasteiger partial charge in [-0.3, -0.25) is 4.90 Å². The van der Waals surface area contributed by atoms with Crippen molar-refractivity contribution in [3.05, 3.63) is 12.2 Å². The van der Waals surface area contributed by atoms with Crippen LogP contribution < -0.4 is 0 Å². The molecule has 0 aromatic rings. The highest BCUT2D eigenvalue weighted by Gasteiger charge is 2.04. The fraction of sp³-hybridized carbons (Fsp3) is 0.778. The van der Waals surface area contributed by atoms with Crippen LogP contribution in [-0.2, 0) is 0 Å². The molecule has 0 saturated carbocycles. The second-order valence-electron chi connectivity index (χ2n) is 3.36. The molecule has 11 heavy (non-hydrogen) atoms. The third-order valence-electron chi connectivity index (χ3n) is 2.01. The third kappa shape index (κ3) is 3.54. The lowest BCUT2D eigenvalue weighted by molar-refractivity contribution is 0.258. The highest BCUT2D eigenvalue weighted by molar-refractivity contribution is 4.90. The maximum absolute atomic E-state index is 2.49. The van der Waals surface area contributed by atoms with E-state index in [1.54, 1.807) is 0 Å². The van der Waals surface area contributed by atoms with E-state index >= 15 is 0 Å². The summed E-state index contributed by atoms with van der Waals surface area (Å²) in [7, 11) is 4.25. The second kappa shape index (κ2) is 4.52. The molecule has 0 bridgehead atoms. The topological polar surface area (TPSA) is 6.48 Å². The predicted octanol–water partition coefficient (Wildman–Crippen LogP) is 0.810. The summed E-state index contributed by atoms with van der Waals surface area (Å²) in [6.07, 6.45) is 5.76. The Morgan fingerprint density at radius 1 is 1.36 bits per heavy atom. The minimum absolute atomic E-state index is 1.15. The summed E-state index contributed by atoms with van der Waals surface area (Å²) < 4.78 is 0. The highest BCUT2D eigenvalue weighted by atomic mass is 15.2. The van der Waals surface area contributed by atoms with E-state index in [4.69, 9.17) is 0 Å². The Kier molecular flexibility index (Phi) is 3.60. The van der Waals surface area contributed by atoms with Crippen LogP contribution in [0.4, 0.5) is 0 Å². The van der Waals surface area contributed by atoms with Crippen molar-refractivity contribution in [2.45, 2.75) is 6.42 Å². The summed E-state index contributed by atoms with van der Waals surface area (Å²) in [5.74, 6) is 0. The molecule has 0 aromatic carbocycles. The quantitative estimate of drug-likeness (QED) is 0.555. The molecule has 1 aliphatic heterocycles. The SMILES string of the molecule is CN(C)CCN1CC=CCC1. The van der Waals surface area contributed by atoms with Crippen LogP contribution >= 0.6 is 0 Å². The zero-order valence-corrected chi connectivity index (χ0v) is 7.58. The molecule has 0 aliphatic carbocycles. The van der Waals surface area contributed by atoms with Crippen LogP contribution in [0.2, 0.25) is 0 Å². The fourth-order valence-electron chi connectivity index (χ4n) is 1.23. The summed E-state index contributed by atoms with van der Waals surface area (Å²) in [6.45, 7) is 4.77. The monoisotopic (exact) mass is 154 g/mol. The number of rotatable bonds is 3. The zero-order valence-electron chi connectivity index (χ0n) is 7.58. The van der Waals surface area contributed by atoms with Gasteiger partial charge in [-0.1, -0.05) is 12.2 Å². The summed E-state index contributed by atoms with van der Waals surface area (Å²) >= 11 is 0. The average molecular weight is 154 g/mol. The molecule has 64 valence electrons. The molecule has 0 spiro atoms. The van der Waals surface area contributed by atoms with Crippen molar-refractivity contribution in [2.24, 2.45) is 0 Å². The van der Waals surface area contributed by atoms with Crippen molar-refractivity contribution < 1.29 is 0 Å². The van der Waals surface area contributed by atoms with Crippen LogP contribution in [0.15, 0.2) is 12.2 Å². The average Bonchev–Trinajstić information content (AvgIpc) is 2.03. The molecule has 0 unspecified atom stereocenters. The summed E-state index contributed by atoms with van der Waals surface area (Å²) in [5, 5.41) is 0. The fourth-order valence-corrected chi connectivity index (χ4v) is 1.23. The number of hydrogen-bond donors (Lipinski definition) is 0.